The van der Waals surface area contributed by atoms with Crippen molar-refractivity contribution >= 4 is 12.0 Å². The predicted octanol–water partition coefficient (Wildman–Crippen LogP) is 2.28. The highest BCUT2D eigenvalue weighted by Gasteiger charge is 2.46. The molecule has 6 nitrogen and oxygen atoms in total. The van der Waals surface area contributed by atoms with Crippen molar-refractivity contribution in [2.45, 2.75) is 18.6 Å². The quantitative estimate of drug-likeness (QED) is 0.845. The van der Waals surface area contributed by atoms with Crippen LogP contribution in [0, 0.1) is 11.3 Å². The Kier molecular flexibility index (Phi) is 4.17. The van der Waals surface area contributed by atoms with Gasteiger partial charge in [-0.3, -0.25) is 9.69 Å². The third-order valence-corrected chi connectivity index (χ3v) is 4.06. The second-order valence-electron chi connectivity index (χ2n) is 5.56. The minimum absolute atomic E-state index is 0.140. The van der Waals surface area contributed by atoms with Crippen LogP contribution in [-0.2, 0) is 11.3 Å². The molecule has 0 unspecified atom stereocenters. The summed E-state index contributed by atoms with van der Waals surface area (Å²) in [6.07, 6.45) is -1.14. The lowest BCUT2D eigenvalue weighted by atomic mass is 9.89. The van der Waals surface area contributed by atoms with Gasteiger partial charge < -0.3 is 10.4 Å². The molecule has 0 bridgehead atoms. The Morgan fingerprint density at radius 1 is 1.17 bits per heavy atom. The number of hydrogen-bond acceptors (Lipinski definition) is 3. The number of β-lactam (4-membered cyclic amide) rings is 1. The maximum absolute atomic E-state index is 12.0. The zero-order valence-electron chi connectivity index (χ0n) is 12.7. The molecule has 2 aromatic carbocycles. The third-order valence-electron chi connectivity index (χ3n) is 4.06. The molecule has 120 valence electrons. The van der Waals surface area contributed by atoms with E-state index in [-0.39, 0.29) is 12.5 Å². The molecule has 0 saturated carbocycles. The van der Waals surface area contributed by atoms with Crippen molar-refractivity contribution in [3.05, 3.63) is 71.3 Å². The van der Waals surface area contributed by atoms with Gasteiger partial charge in [0.25, 0.3) is 0 Å². The second kappa shape index (κ2) is 6.42. The van der Waals surface area contributed by atoms with E-state index in [0.717, 1.165) is 16.0 Å². The van der Waals surface area contributed by atoms with Crippen LogP contribution in [0.25, 0.3) is 0 Å². The van der Waals surface area contributed by atoms with Crippen LogP contribution in [-0.4, -0.2) is 28.0 Å². The highest BCUT2D eigenvalue weighted by molar-refractivity contribution is 5.92. The van der Waals surface area contributed by atoms with Gasteiger partial charge in [-0.25, -0.2) is 4.79 Å². The summed E-state index contributed by atoms with van der Waals surface area (Å²) < 4.78 is 0. The van der Waals surface area contributed by atoms with E-state index in [4.69, 9.17) is 5.26 Å². The van der Waals surface area contributed by atoms with Gasteiger partial charge in [-0.05, 0) is 23.3 Å². The first-order chi connectivity index (χ1) is 11.6. The standard InChI is InChI=1S/C18H15N3O3/c19-10-12-6-8-14(9-7-12)15-16(17(22)20-15)21(18(23)24)11-13-4-2-1-3-5-13/h1-9,15-16H,11H2,(H,20,22)(H,23,24)/t15-,16+/m0/s1. The van der Waals surface area contributed by atoms with Crippen LogP contribution >= 0.6 is 0 Å². The molecule has 1 aliphatic rings. The van der Waals surface area contributed by atoms with Crippen molar-refractivity contribution in [2.24, 2.45) is 0 Å². The second-order valence-corrected chi connectivity index (χ2v) is 5.56. The van der Waals surface area contributed by atoms with Crippen molar-refractivity contribution < 1.29 is 14.7 Å². The summed E-state index contributed by atoms with van der Waals surface area (Å²) in [5, 5.41) is 21.1. The molecule has 2 amide bonds. The van der Waals surface area contributed by atoms with Crippen LogP contribution < -0.4 is 5.32 Å². The first-order valence-corrected chi connectivity index (χ1v) is 7.44. The van der Waals surface area contributed by atoms with Gasteiger partial charge in [0.1, 0.15) is 6.04 Å². The van der Waals surface area contributed by atoms with Gasteiger partial charge in [0.05, 0.1) is 17.7 Å². The normalized spacial score (nSPS) is 18.9. The fourth-order valence-electron chi connectivity index (χ4n) is 2.79. The number of nitrogens with zero attached hydrogens (tertiary/aromatic N) is 2. The monoisotopic (exact) mass is 321 g/mol. The molecule has 6 heteroatoms. The molecule has 1 heterocycles. The smallest absolute Gasteiger partial charge is 0.408 e. The molecule has 0 aliphatic carbocycles. The molecule has 2 aromatic rings. The van der Waals surface area contributed by atoms with Gasteiger partial charge in [-0.2, -0.15) is 5.26 Å². The lowest BCUT2D eigenvalue weighted by Crippen LogP contribution is -2.64. The number of nitriles is 1. The molecular weight excluding hydrogens is 306 g/mol. The zero-order chi connectivity index (χ0) is 17.1. The molecule has 1 fully saturated rings. The number of rotatable bonds is 4. The van der Waals surface area contributed by atoms with Crippen LogP contribution in [0.3, 0.4) is 0 Å². The van der Waals surface area contributed by atoms with E-state index in [9.17, 15) is 14.7 Å². The maximum atomic E-state index is 12.0. The zero-order valence-corrected chi connectivity index (χ0v) is 12.7. The molecule has 24 heavy (non-hydrogen) atoms. The van der Waals surface area contributed by atoms with Crippen LogP contribution in [0.1, 0.15) is 22.7 Å². The number of amides is 2. The molecule has 0 radical (unpaired) electrons. The maximum Gasteiger partial charge on any atom is 0.408 e. The summed E-state index contributed by atoms with van der Waals surface area (Å²) in [6.45, 7) is 0.140. The van der Waals surface area contributed by atoms with E-state index < -0.39 is 18.2 Å². The van der Waals surface area contributed by atoms with Gasteiger partial charge in [-0.15, -0.1) is 0 Å². The van der Waals surface area contributed by atoms with Gasteiger partial charge in [-0.1, -0.05) is 42.5 Å². The molecule has 2 N–H and O–H groups in total. The SMILES string of the molecule is N#Cc1ccc([C@@H]2NC(=O)[C@@H]2N(Cc2ccccc2)C(=O)O)cc1. The minimum atomic E-state index is -1.14. The van der Waals surface area contributed by atoms with Crippen molar-refractivity contribution in [2.75, 3.05) is 0 Å². The first kappa shape index (κ1) is 15.6. The van der Waals surface area contributed by atoms with Crippen LogP contribution in [0.2, 0.25) is 0 Å². The molecule has 0 aromatic heterocycles. The van der Waals surface area contributed by atoms with Crippen LogP contribution in [0.4, 0.5) is 4.79 Å². The van der Waals surface area contributed by atoms with Gasteiger partial charge >= 0.3 is 6.09 Å². The summed E-state index contributed by atoms with van der Waals surface area (Å²) in [5.41, 5.74) is 2.11. The lowest BCUT2D eigenvalue weighted by Gasteiger charge is -2.42. The van der Waals surface area contributed by atoms with Crippen molar-refractivity contribution in [3.63, 3.8) is 0 Å². The molecular formula is C18H15N3O3. The molecule has 3 rings (SSSR count). The Labute approximate surface area is 138 Å². The predicted molar refractivity (Wildman–Crippen MR) is 85.8 cm³/mol. The van der Waals surface area contributed by atoms with Crippen LogP contribution in [0.15, 0.2) is 54.6 Å². The fraction of sp³-hybridized carbons (Fsp3) is 0.167. The van der Waals surface area contributed by atoms with Crippen molar-refractivity contribution in [3.8, 4) is 6.07 Å². The first-order valence-electron chi connectivity index (χ1n) is 7.44. The number of benzene rings is 2. The highest BCUT2D eigenvalue weighted by Crippen LogP contribution is 2.30. The number of nitrogens with one attached hydrogen (secondary N) is 1. The van der Waals surface area contributed by atoms with Gasteiger partial charge in [0, 0.05) is 6.54 Å². The van der Waals surface area contributed by atoms with E-state index in [1.54, 1.807) is 24.3 Å². The Balaban J connectivity index is 1.84. The average molecular weight is 321 g/mol. The highest BCUT2D eigenvalue weighted by atomic mass is 16.4. The van der Waals surface area contributed by atoms with E-state index in [2.05, 4.69) is 5.32 Å². The minimum Gasteiger partial charge on any atom is -0.465 e. The van der Waals surface area contributed by atoms with E-state index >= 15 is 0 Å². The summed E-state index contributed by atoms with van der Waals surface area (Å²) >= 11 is 0. The summed E-state index contributed by atoms with van der Waals surface area (Å²) in [6, 6.07) is 16.8. The number of carbonyl (C=O) groups excluding carboxylic acids is 1. The topological polar surface area (TPSA) is 93.4 Å². The van der Waals surface area contributed by atoms with E-state index in [1.165, 1.54) is 0 Å². The lowest BCUT2D eigenvalue weighted by molar-refractivity contribution is -0.137. The Bertz CT molecular complexity index is 797. The Morgan fingerprint density at radius 3 is 2.38 bits per heavy atom. The largest absolute Gasteiger partial charge is 0.465 e. The van der Waals surface area contributed by atoms with Crippen molar-refractivity contribution in [1.29, 1.82) is 5.26 Å². The molecule has 1 aliphatic heterocycles. The number of carboxylic acid groups (broad SMARTS) is 1. The summed E-state index contributed by atoms with van der Waals surface area (Å²) in [4.78, 5) is 24.8. The van der Waals surface area contributed by atoms with E-state index in [1.807, 2.05) is 36.4 Å². The molecule has 2 atom stereocenters. The third kappa shape index (κ3) is 2.92. The average Bonchev–Trinajstić information content (AvgIpc) is 2.60. The van der Waals surface area contributed by atoms with Gasteiger partial charge in [0.15, 0.2) is 0 Å². The Hall–Kier alpha value is -3.33. The van der Waals surface area contributed by atoms with Gasteiger partial charge in [0.2, 0.25) is 5.91 Å². The number of hydrogen-bond donors (Lipinski definition) is 2. The fourth-order valence-corrected chi connectivity index (χ4v) is 2.79. The summed E-state index contributed by atoms with van der Waals surface area (Å²) in [5.74, 6) is -0.317. The Morgan fingerprint density at radius 2 is 1.83 bits per heavy atom. The number of carbonyl (C=O) groups is 2. The van der Waals surface area contributed by atoms with E-state index in [0.29, 0.717) is 5.56 Å². The molecule has 0 spiro atoms. The summed E-state index contributed by atoms with van der Waals surface area (Å²) in [7, 11) is 0. The molecule has 1 saturated heterocycles. The van der Waals surface area contributed by atoms with Crippen molar-refractivity contribution in [1.82, 2.24) is 10.2 Å². The van der Waals surface area contributed by atoms with Crippen LogP contribution in [0.5, 0.6) is 0 Å².